The molecule has 0 spiro atoms. The normalized spacial score (nSPS) is 11.7. The summed E-state index contributed by atoms with van der Waals surface area (Å²) in [5.41, 5.74) is 6.52. The van der Waals surface area contributed by atoms with E-state index in [1.807, 2.05) is 0 Å². The van der Waals surface area contributed by atoms with Crippen molar-refractivity contribution < 1.29 is 4.52 Å². The Balaban J connectivity index is 1.99. The topological polar surface area (TPSA) is 76.4 Å². The summed E-state index contributed by atoms with van der Waals surface area (Å²) >= 11 is 0. The van der Waals surface area contributed by atoms with Crippen LogP contribution >= 0.6 is 0 Å². The maximum atomic E-state index is 5.73. The number of nitrogens with zero attached hydrogens (tertiary/aromatic N) is 2. The number of guanidine groups is 1. The first kappa shape index (κ1) is 14.5. The molecule has 0 bridgehead atoms. The van der Waals surface area contributed by atoms with Gasteiger partial charge >= 0.3 is 0 Å². The van der Waals surface area contributed by atoms with Gasteiger partial charge in [-0.3, -0.25) is 0 Å². The van der Waals surface area contributed by atoms with Crippen LogP contribution in [-0.2, 0) is 6.54 Å². The molecule has 0 saturated heterocycles. The highest BCUT2D eigenvalue weighted by molar-refractivity contribution is 5.77. The van der Waals surface area contributed by atoms with Crippen LogP contribution in [0.15, 0.2) is 21.8 Å². The lowest BCUT2D eigenvalue weighted by Crippen LogP contribution is -2.32. The highest BCUT2D eigenvalue weighted by atomic mass is 16.5. The molecule has 1 rings (SSSR count). The van der Waals surface area contributed by atoms with E-state index in [9.17, 15) is 0 Å². The molecule has 0 fully saturated rings. The Labute approximate surface area is 109 Å². The summed E-state index contributed by atoms with van der Waals surface area (Å²) in [6.45, 7) is 3.58. The molecule has 0 atom stereocenters. The molecule has 0 aliphatic carbocycles. The minimum atomic E-state index is 0.464. The van der Waals surface area contributed by atoms with Gasteiger partial charge in [0.2, 0.25) is 0 Å². The van der Waals surface area contributed by atoms with E-state index in [1.54, 1.807) is 6.07 Å². The number of nitrogens with one attached hydrogen (secondary N) is 1. The van der Waals surface area contributed by atoms with E-state index >= 15 is 0 Å². The van der Waals surface area contributed by atoms with Gasteiger partial charge in [0.05, 0.1) is 6.54 Å². The van der Waals surface area contributed by atoms with Crippen LogP contribution in [0.3, 0.4) is 0 Å². The molecule has 1 aromatic heterocycles. The first-order valence-electron chi connectivity index (χ1n) is 6.76. The fourth-order valence-electron chi connectivity index (χ4n) is 1.66. The Kier molecular flexibility index (Phi) is 7.68. The SMILES string of the molecule is CCCCCCCCNC(N)=NCc1ccon1. The number of aromatic nitrogens is 1. The van der Waals surface area contributed by atoms with Crippen molar-refractivity contribution >= 4 is 5.96 Å². The second kappa shape index (κ2) is 9.50. The van der Waals surface area contributed by atoms with Gasteiger partial charge in [0.15, 0.2) is 5.96 Å². The Morgan fingerprint density at radius 3 is 2.83 bits per heavy atom. The van der Waals surface area contributed by atoms with Gasteiger partial charge in [0.25, 0.3) is 0 Å². The van der Waals surface area contributed by atoms with Crippen molar-refractivity contribution in [3.8, 4) is 0 Å². The van der Waals surface area contributed by atoms with Crippen LogP contribution in [0.1, 0.15) is 51.1 Å². The number of nitrogens with two attached hydrogens (primary N) is 1. The van der Waals surface area contributed by atoms with Crippen LogP contribution < -0.4 is 11.1 Å². The van der Waals surface area contributed by atoms with Crippen LogP contribution in [0.4, 0.5) is 0 Å². The Bertz CT molecular complexity index is 322. The fourth-order valence-corrected chi connectivity index (χ4v) is 1.66. The first-order valence-corrected chi connectivity index (χ1v) is 6.76. The van der Waals surface area contributed by atoms with Gasteiger partial charge in [-0.1, -0.05) is 44.2 Å². The third-order valence-electron chi connectivity index (χ3n) is 2.74. The Hall–Kier alpha value is -1.52. The summed E-state index contributed by atoms with van der Waals surface area (Å²) in [6, 6.07) is 1.78. The van der Waals surface area contributed by atoms with Crippen molar-refractivity contribution in [2.24, 2.45) is 10.7 Å². The van der Waals surface area contributed by atoms with Crippen molar-refractivity contribution in [1.82, 2.24) is 10.5 Å². The molecular weight excluding hydrogens is 228 g/mol. The van der Waals surface area contributed by atoms with Crippen LogP contribution in [0.2, 0.25) is 0 Å². The molecule has 0 aliphatic rings. The average Bonchev–Trinajstić information content (AvgIpc) is 2.88. The molecule has 1 heterocycles. The molecule has 1 aromatic rings. The third kappa shape index (κ3) is 6.93. The summed E-state index contributed by atoms with van der Waals surface area (Å²) in [4.78, 5) is 4.17. The summed E-state index contributed by atoms with van der Waals surface area (Å²) in [7, 11) is 0. The molecule has 0 aromatic carbocycles. The molecule has 0 saturated carbocycles. The van der Waals surface area contributed by atoms with Gasteiger partial charge in [-0.2, -0.15) is 0 Å². The maximum Gasteiger partial charge on any atom is 0.188 e. The maximum absolute atomic E-state index is 5.73. The van der Waals surface area contributed by atoms with Crippen molar-refractivity contribution in [3.05, 3.63) is 18.0 Å². The van der Waals surface area contributed by atoms with E-state index < -0.39 is 0 Å². The van der Waals surface area contributed by atoms with Crippen LogP contribution in [-0.4, -0.2) is 17.7 Å². The second-order valence-electron chi connectivity index (χ2n) is 4.39. The summed E-state index contributed by atoms with van der Waals surface area (Å²) in [5, 5.41) is 6.87. The molecular formula is C13H24N4O. The van der Waals surface area contributed by atoms with E-state index in [4.69, 9.17) is 10.3 Å². The second-order valence-corrected chi connectivity index (χ2v) is 4.39. The predicted molar refractivity (Wildman–Crippen MR) is 73.2 cm³/mol. The molecule has 5 nitrogen and oxygen atoms in total. The molecule has 0 aliphatic heterocycles. The smallest absolute Gasteiger partial charge is 0.188 e. The minimum absolute atomic E-state index is 0.464. The van der Waals surface area contributed by atoms with E-state index in [1.165, 1.54) is 38.4 Å². The van der Waals surface area contributed by atoms with Gasteiger partial charge in [0, 0.05) is 12.6 Å². The molecule has 0 radical (unpaired) electrons. The van der Waals surface area contributed by atoms with E-state index in [0.717, 1.165) is 18.7 Å². The van der Waals surface area contributed by atoms with Crippen molar-refractivity contribution in [2.75, 3.05) is 6.54 Å². The van der Waals surface area contributed by atoms with Crippen LogP contribution in [0.5, 0.6) is 0 Å². The lowest BCUT2D eigenvalue weighted by molar-refractivity contribution is 0.412. The number of unbranched alkanes of at least 4 members (excludes halogenated alkanes) is 5. The number of aliphatic imine (C=N–C) groups is 1. The minimum Gasteiger partial charge on any atom is -0.370 e. The van der Waals surface area contributed by atoms with E-state index in [-0.39, 0.29) is 0 Å². The highest BCUT2D eigenvalue weighted by Gasteiger charge is 1.96. The molecule has 0 amide bonds. The van der Waals surface area contributed by atoms with Gasteiger partial charge in [-0.05, 0) is 6.42 Å². The quantitative estimate of drug-likeness (QED) is 0.402. The van der Waals surface area contributed by atoms with E-state index in [0.29, 0.717) is 12.5 Å². The lowest BCUT2D eigenvalue weighted by Gasteiger charge is -2.05. The van der Waals surface area contributed by atoms with Gasteiger partial charge in [-0.15, -0.1) is 0 Å². The zero-order valence-electron chi connectivity index (χ0n) is 11.2. The van der Waals surface area contributed by atoms with Gasteiger partial charge in [-0.25, -0.2) is 4.99 Å². The number of hydrogen-bond donors (Lipinski definition) is 2. The summed E-state index contributed by atoms with van der Waals surface area (Å²) < 4.78 is 4.71. The standard InChI is InChI=1S/C13H24N4O/c1-2-3-4-5-6-7-9-15-13(14)16-11-12-8-10-18-17-12/h8,10H,2-7,9,11H2,1H3,(H3,14,15,16). The lowest BCUT2D eigenvalue weighted by atomic mass is 10.1. The van der Waals surface area contributed by atoms with Crippen LogP contribution in [0, 0.1) is 0 Å². The third-order valence-corrected chi connectivity index (χ3v) is 2.74. The fraction of sp³-hybridized carbons (Fsp3) is 0.692. The van der Waals surface area contributed by atoms with Crippen molar-refractivity contribution in [2.45, 2.75) is 52.0 Å². The summed E-state index contributed by atoms with van der Waals surface area (Å²) in [5.74, 6) is 0.478. The number of hydrogen-bond acceptors (Lipinski definition) is 3. The van der Waals surface area contributed by atoms with Gasteiger partial charge in [0.1, 0.15) is 12.0 Å². The highest BCUT2D eigenvalue weighted by Crippen LogP contribution is 2.03. The average molecular weight is 252 g/mol. The van der Waals surface area contributed by atoms with Crippen molar-refractivity contribution in [1.29, 1.82) is 0 Å². The molecule has 18 heavy (non-hydrogen) atoms. The molecule has 3 N–H and O–H groups in total. The summed E-state index contributed by atoms with van der Waals surface area (Å²) in [6.07, 6.45) is 9.21. The molecule has 102 valence electrons. The van der Waals surface area contributed by atoms with Crippen molar-refractivity contribution in [3.63, 3.8) is 0 Å². The van der Waals surface area contributed by atoms with E-state index in [2.05, 4.69) is 22.4 Å². The Morgan fingerprint density at radius 1 is 1.33 bits per heavy atom. The Morgan fingerprint density at radius 2 is 2.11 bits per heavy atom. The molecule has 0 unspecified atom stereocenters. The van der Waals surface area contributed by atoms with Gasteiger partial charge < -0.3 is 15.6 Å². The first-order chi connectivity index (χ1) is 8.83. The number of rotatable bonds is 9. The molecule has 5 heteroatoms. The monoisotopic (exact) mass is 252 g/mol. The zero-order chi connectivity index (χ0) is 13.1. The zero-order valence-corrected chi connectivity index (χ0v) is 11.2. The largest absolute Gasteiger partial charge is 0.370 e. The predicted octanol–water partition coefficient (Wildman–Crippen LogP) is 2.44. The van der Waals surface area contributed by atoms with Crippen LogP contribution in [0.25, 0.3) is 0 Å².